The van der Waals surface area contributed by atoms with Crippen LogP contribution >= 0.6 is 0 Å². The van der Waals surface area contributed by atoms with E-state index in [1.54, 1.807) is 0 Å². The molecule has 1 heterocycles. The lowest BCUT2D eigenvalue weighted by molar-refractivity contribution is 0.660. The van der Waals surface area contributed by atoms with Crippen molar-refractivity contribution in [1.29, 1.82) is 0 Å². The number of hydrogen-bond acceptors (Lipinski definition) is 1. The van der Waals surface area contributed by atoms with Gasteiger partial charge >= 0.3 is 0 Å². The molecule has 0 bridgehead atoms. The molecule has 0 amide bonds. The molecular weight excluding hydrogens is 591 g/mol. The Morgan fingerprint density at radius 1 is 0.347 bits per heavy atom. The Kier molecular flexibility index (Phi) is 6.88. The van der Waals surface area contributed by atoms with Gasteiger partial charge in [0.15, 0.2) is 0 Å². The van der Waals surface area contributed by atoms with Crippen molar-refractivity contribution in [1.82, 2.24) is 4.98 Å². The van der Waals surface area contributed by atoms with E-state index in [1.165, 1.54) is 60.8 Å². The van der Waals surface area contributed by atoms with E-state index in [0.29, 0.717) is 0 Å². The van der Waals surface area contributed by atoms with Crippen LogP contribution in [0, 0.1) is 0 Å². The minimum Gasteiger partial charge on any atom is -0.248 e. The fourth-order valence-electron chi connectivity index (χ4n) is 7.72. The second-order valence-corrected chi connectivity index (χ2v) is 13.6. The van der Waals surface area contributed by atoms with Crippen LogP contribution in [0.3, 0.4) is 0 Å². The predicted octanol–water partition coefficient (Wildman–Crippen LogP) is 12.9. The number of benzene rings is 7. The summed E-state index contributed by atoms with van der Waals surface area (Å²) in [6.45, 7) is 4.72. The van der Waals surface area contributed by atoms with E-state index in [0.717, 1.165) is 28.1 Å². The van der Waals surface area contributed by atoms with E-state index < -0.39 is 0 Å². The van der Waals surface area contributed by atoms with Gasteiger partial charge in [-0.25, -0.2) is 4.98 Å². The number of pyridine rings is 1. The van der Waals surface area contributed by atoms with Gasteiger partial charge in [-0.05, 0) is 90.7 Å². The van der Waals surface area contributed by atoms with Crippen LogP contribution in [0.25, 0.3) is 77.8 Å². The van der Waals surface area contributed by atoms with Crippen molar-refractivity contribution < 1.29 is 0 Å². The first-order valence-electron chi connectivity index (χ1n) is 17.0. The summed E-state index contributed by atoms with van der Waals surface area (Å²) in [6.07, 6.45) is 0. The van der Waals surface area contributed by atoms with Gasteiger partial charge in [0.25, 0.3) is 0 Å². The van der Waals surface area contributed by atoms with Crippen LogP contribution in [0.1, 0.15) is 25.0 Å². The average Bonchev–Trinajstić information content (AvgIpc) is 3.40. The van der Waals surface area contributed by atoms with Crippen LogP contribution in [0.2, 0.25) is 0 Å². The number of rotatable bonds is 5. The van der Waals surface area contributed by atoms with E-state index >= 15 is 0 Å². The highest BCUT2D eigenvalue weighted by Gasteiger charge is 2.36. The molecule has 232 valence electrons. The van der Waals surface area contributed by atoms with Crippen LogP contribution in [0.15, 0.2) is 176 Å². The maximum Gasteiger partial charge on any atom is 0.0715 e. The summed E-state index contributed by atoms with van der Waals surface area (Å²) in [5.41, 5.74) is 16.8. The molecule has 0 atom stereocenters. The van der Waals surface area contributed by atoms with E-state index in [9.17, 15) is 0 Å². The molecule has 0 aliphatic heterocycles. The van der Waals surface area contributed by atoms with Crippen molar-refractivity contribution in [2.45, 2.75) is 19.3 Å². The normalized spacial score (nSPS) is 12.9. The minimum absolute atomic E-state index is 0.0897. The molecule has 1 aromatic heterocycles. The molecule has 0 radical (unpaired) electrons. The summed E-state index contributed by atoms with van der Waals surface area (Å²) in [6, 6.07) is 63.7. The van der Waals surface area contributed by atoms with Crippen LogP contribution < -0.4 is 0 Å². The van der Waals surface area contributed by atoms with Gasteiger partial charge in [-0.2, -0.15) is 0 Å². The lowest BCUT2D eigenvalue weighted by Gasteiger charge is -2.23. The standard InChI is InChI=1S/C48H35N/c1-48(2)44-23-12-11-21-40(44)43-30-42(39-22-13-19-33-16-9-10-20-38(33)39)41(31-45(43)48)34-24-26-36(27-25-34)47-29-37(32-14-5-3-6-15-32)28-46(49-47)35-17-7-4-8-18-35/h3-31H,1-2H3. The van der Waals surface area contributed by atoms with Gasteiger partial charge in [-0.1, -0.05) is 166 Å². The third-order valence-electron chi connectivity index (χ3n) is 10.3. The molecule has 0 spiro atoms. The Labute approximate surface area is 288 Å². The summed E-state index contributed by atoms with van der Waals surface area (Å²) < 4.78 is 0. The van der Waals surface area contributed by atoms with Crippen LogP contribution in [0.4, 0.5) is 0 Å². The molecular formula is C48H35N. The third kappa shape index (κ3) is 4.98. The SMILES string of the molecule is CC1(C)c2ccccc2-c2cc(-c3cccc4ccccc34)c(-c3ccc(-c4cc(-c5ccccc5)cc(-c5ccccc5)n4)cc3)cc21. The Balaban J connectivity index is 1.22. The zero-order valence-electron chi connectivity index (χ0n) is 27.7. The van der Waals surface area contributed by atoms with E-state index in [1.807, 2.05) is 0 Å². The largest absolute Gasteiger partial charge is 0.248 e. The Morgan fingerprint density at radius 3 is 1.67 bits per heavy atom. The molecule has 0 N–H and O–H groups in total. The molecule has 1 aliphatic carbocycles. The third-order valence-corrected chi connectivity index (χ3v) is 10.3. The monoisotopic (exact) mass is 625 g/mol. The summed E-state index contributed by atoms with van der Waals surface area (Å²) in [5, 5.41) is 2.52. The van der Waals surface area contributed by atoms with Crippen molar-refractivity contribution in [3.63, 3.8) is 0 Å². The van der Waals surface area contributed by atoms with Gasteiger partial charge in [0.05, 0.1) is 11.4 Å². The highest BCUT2D eigenvalue weighted by molar-refractivity contribution is 6.02. The maximum absolute atomic E-state index is 5.19. The quantitative estimate of drug-likeness (QED) is 0.185. The highest BCUT2D eigenvalue weighted by atomic mass is 14.7. The Bertz CT molecular complexity index is 2430. The molecule has 9 rings (SSSR count). The van der Waals surface area contributed by atoms with Gasteiger partial charge in [0, 0.05) is 16.5 Å². The summed E-state index contributed by atoms with van der Waals surface area (Å²) >= 11 is 0. The summed E-state index contributed by atoms with van der Waals surface area (Å²) in [4.78, 5) is 5.19. The van der Waals surface area contributed by atoms with Gasteiger partial charge in [-0.3, -0.25) is 0 Å². The minimum atomic E-state index is -0.0897. The van der Waals surface area contributed by atoms with Crippen LogP contribution in [-0.2, 0) is 5.41 Å². The van der Waals surface area contributed by atoms with Gasteiger partial charge < -0.3 is 0 Å². The van der Waals surface area contributed by atoms with Crippen molar-refractivity contribution in [3.8, 4) is 67.0 Å². The molecule has 7 aromatic carbocycles. The lowest BCUT2D eigenvalue weighted by atomic mass is 9.80. The number of nitrogens with zero attached hydrogens (tertiary/aromatic N) is 1. The number of aromatic nitrogens is 1. The van der Waals surface area contributed by atoms with Crippen LogP contribution in [0.5, 0.6) is 0 Å². The molecule has 0 unspecified atom stereocenters. The molecule has 8 aromatic rings. The van der Waals surface area contributed by atoms with Crippen molar-refractivity contribution in [3.05, 3.63) is 187 Å². The molecule has 49 heavy (non-hydrogen) atoms. The number of fused-ring (bicyclic) bond motifs is 4. The summed E-state index contributed by atoms with van der Waals surface area (Å²) in [5.74, 6) is 0. The molecule has 0 saturated heterocycles. The zero-order valence-corrected chi connectivity index (χ0v) is 27.7. The van der Waals surface area contributed by atoms with Gasteiger partial charge in [0.2, 0.25) is 0 Å². The lowest BCUT2D eigenvalue weighted by Crippen LogP contribution is -2.15. The average molecular weight is 626 g/mol. The van der Waals surface area contributed by atoms with E-state index in [-0.39, 0.29) is 5.41 Å². The van der Waals surface area contributed by atoms with Crippen LogP contribution in [-0.4, -0.2) is 4.98 Å². The first kappa shape index (κ1) is 29.1. The molecule has 1 heteroatoms. The number of hydrogen-bond donors (Lipinski definition) is 0. The molecule has 0 saturated carbocycles. The van der Waals surface area contributed by atoms with Crippen molar-refractivity contribution in [2.75, 3.05) is 0 Å². The predicted molar refractivity (Wildman–Crippen MR) is 206 cm³/mol. The fourth-order valence-corrected chi connectivity index (χ4v) is 7.72. The first-order valence-corrected chi connectivity index (χ1v) is 17.0. The maximum atomic E-state index is 5.19. The van der Waals surface area contributed by atoms with Gasteiger partial charge in [-0.15, -0.1) is 0 Å². The van der Waals surface area contributed by atoms with E-state index in [4.69, 9.17) is 4.98 Å². The molecule has 1 nitrogen and oxygen atoms in total. The molecule has 1 aliphatic rings. The fraction of sp³-hybridized carbons (Fsp3) is 0.0625. The topological polar surface area (TPSA) is 12.9 Å². The highest BCUT2D eigenvalue weighted by Crippen LogP contribution is 2.52. The molecule has 0 fully saturated rings. The second kappa shape index (κ2) is 11.6. The Morgan fingerprint density at radius 2 is 0.918 bits per heavy atom. The van der Waals surface area contributed by atoms with Crippen molar-refractivity contribution >= 4 is 10.8 Å². The summed E-state index contributed by atoms with van der Waals surface area (Å²) in [7, 11) is 0. The second-order valence-electron chi connectivity index (χ2n) is 13.6. The van der Waals surface area contributed by atoms with Crippen molar-refractivity contribution in [2.24, 2.45) is 0 Å². The Hall–Kier alpha value is -6.05. The van der Waals surface area contributed by atoms with E-state index in [2.05, 4.69) is 190 Å². The smallest absolute Gasteiger partial charge is 0.0715 e. The van der Waals surface area contributed by atoms with Gasteiger partial charge in [0.1, 0.15) is 0 Å². The first-order chi connectivity index (χ1) is 24.0. The zero-order chi connectivity index (χ0) is 33.0.